The first kappa shape index (κ1) is 14.3. The Morgan fingerprint density at radius 2 is 1.95 bits per heavy atom. The molecule has 0 aromatic heterocycles. The van der Waals surface area contributed by atoms with Crippen LogP contribution in [0.1, 0.15) is 12.8 Å². The lowest BCUT2D eigenvalue weighted by Gasteiger charge is -2.23. The van der Waals surface area contributed by atoms with E-state index in [1.807, 2.05) is 0 Å². The summed E-state index contributed by atoms with van der Waals surface area (Å²) < 4.78 is 18.6. The van der Waals surface area contributed by atoms with Crippen LogP contribution >= 0.6 is 11.6 Å². The lowest BCUT2D eigenvalue weighted by molar-refractivity contribution is -0.147. The topological polar surface area (TPSA) is 75.6 Å². The molecular formula is C14H13ClFNO4. The van der Waals surface area contributed by atoms with E-state index in [4.69, 9.17) is 16.3 Å². The molecule has 1 amide bonds. The Balaban J connectivity index is 1.78. The van der Waals surface area contributed by atoms with E-state index in [1.54, 1.807) is 0 Å². The normalized spacial score (nSPS) is 30.4. The summed E-state index contributed by atoms with van der Waals surface area (Å²) in [4.78, 5) is 23.7. The summed E-state index contributed by atoms with van der Waals surface area (Å²) in [6.45, 7) is 0. The highest BCUT2D eigenvalue weighted by Gasteiger charge is 2.55. The number of nitrogens with one attached hydrogen (secondary N) is 1. The van der Waals surface area contributed by atoms with Gasteiger partial charge in [-0.3, -0.25) is 9.59 Å². The van der Waals surface area contributed by atoms with Gasteiger partial charge in [0.15, 0.2) is 0 Å². The molecule has 2 aliphatic heterocycles. The number of amides is 1. The summed E-state index contributed by atoms with van der Waals surface area (Å²) in [5.74, 6) is -3.61. The molecule has 2 aliphatic rings. The SMILES string of the molecule is O=C(O)[C@@H]1[C@@H](C(=O)Nc2ccc(F)c(Cl)c2)[C@H]2CC[C@@H]1O2. The number of carboxylic acid groups (broad SMARTS) is 1. The smallest absolute Gasteiger partial charge is 0.310 e. The van der Waals surface area contributed by atoms with Gasteiger partial charge in [-0.25, -0.2) is 4.39 Å². The Hall–Kier alpha value is -1.66. The zero-order chi connectivity index (χ0) is 15.1. The van der Waals surface area contributed by atoms with Gasteiger partial charge in [0, 0.05) is 5.69 Å². The molecule has 0 radical (unpaired) electrons. The van der Waals surface area contributed by atoms with Gasteiger partial charge in [0.05, 0.1) is 29.1 Å². The Kier molecular flexibility index (Phi) is 3.59. The highest BCUT2D eigenvalue weighted by molar-refractivity contribution is 6.31. The molecule has 2 saturated heterocycles. The van der Waals surface area contributed by atoms with Crippen molar-refractivity contribution in [1.82, 2.24) is 0 Å². The minimum atomic E-state index is -1.03. The summed E-state index contributed by atoms with van der Waals surface area (Å²) >= 11 is 5.65. The monoisotopic (exact) mass is 313 g/mol. The molecule has 0 saturated carbocycles. The van der Waals surface area contributed by atoms with Crippen LogP contribution in [0, 0.1) is 17.7 Å². The van der Waals surface area contributed by atoms with Crippen molar-refractivity contribution >= 4 is 29.2 Å². The van der Waals surface area contributed by atoms with E-state index < -0.39 is 35.6 Å². The average molecular weight is 314 g/mol. The lowest BCUT2D eigenvalue weighted by atomic mass is 9.78. The number of fused-ring (bicyclic) bond motifs is 2. The van der Waals surface area contributed by atoms with Gasteiger partial charge in [0.2, 0.25) is 5.91 Å². The molecule has 2 bridgehead atoms. The highest BCUT2D eigenvalue weighted by atomic mass is 35.5. The molecule has 0 unspecified atom stereocenters. The molecule has 2 N–H and O–H groups in total. The standard InChI is InChI=1S/C14H13ClFNO4/c15-7-5-6(1-2-8(7)16)17-13(18)11-9-3-4-10(21-9)12(11)14(19)20/h1-2,5,9-12H,3-4H2,(H,17,18)(H,19,20)/t9-,10+,11+,12+/m1/s1. The van der Waals surface area contributed by atoms with E-state index in [1.165, 1.54) is 12.1 Å². The van der Waals surface area contributed by atoms with Gasteiger partial charge in [0.1, 0.15) is 5.82 Å². The minimum absolute atomic E-state index is 0.105. The molecule has 1 aromatic rings. The number of carbonyl (C=O) groups is 2. The molecule has 21 heavy (non-hydrogen) atoms. The third-order valence-corrected chi connectivity index (χ3v) is 4.34. The number of ether oxygens (including phenoxy) is 1. The average Bonchev–Trinajstić information content (AvgIpc) is 3.03. The molecule has 2 fully saturated rings. The molecule has 3 rings (SSSR count). The summed E-state index contributed by atoms with van der Waals surface area (Å²) in [7, 11) is 0. The van der Waals surface area contributed by atoms with Gasteiger partial charge in [-0.15, -0.1) is 0 Å². The third-order valence-electron chi connectivity index (χ3n) is 4.05. The number of halogens is 2. The predicted octanol–water partition coefficient (Wildman–Crippen LogP) is 2.30. The van der Waals surface area contributed by atoms with Crippen molar-refractivity contribution in [2.75, 3.05) is 5.32 Å². The van der Waals surface area contributed by atoms with Crippen molar-refractivity contribution < 1.29 is 23.8 Å². The van der Waals surface area contributed by atoms with Gasteiger partial charge >= 0.3 is 5.97 Å². The third kappa shape index (κ3) is 2.49. The molecule has 5 nitrogen and oxygen atoms in total. The first-order valence-corrected chi connectivity index (χ1v) is 6.99. The number of aliphatic carboxylic acids is 1. The van der Waals surface area contributed by atoms with E-state index in [0.29, 0.717) is 18.5 Å². The van der Waals surface area contributed by atoms with Crippen molar-refractivity contribution in [1.29, 1.82) is 0 Å². The van der Waals surface area contributed by atoms with E-state index in [-0.39, 0.29) is 11.1 Å². The molecule has 0 spiro atoms. The van der Waals surface area contributed by atoms with Crippen LogP contribution in [-0.4, -0.2) is 29.2 Å². The van der Waals surface area contributed by atoms with Gasteiger partial charge in [-0.2, -0.15) is 0 Å². The van der Waals surface area contributed by atoms with Crippen LogP contribution < -0.4 is 5.32 Å². The Morgan fingerprint density at radius 3 is 2.57 bits per heavy atom. The van der Waals surface area contributed by atoms with E-state index in [2.05, 4.69) is 5.32 Å². The largest absolute Gasteiger partial charge is 0.481 e. The van der Waals surface area contributed by atoms with Gasteiger partial charge in [-0.1, -0.05) is 11.6 Å². The van der Waals surface area contributed by atoms with E-state index >= 15 is 0 Å². The molecule has 7 heteroatoms. The molecule has 1 aromatic carbocycles. The van der Waals surface area contributed by atoms with Crippen LogP contribution in [0.25, 0.3) is 0 Å². The Bertz CT molecular complexity index is 609. The molecule has 4 atom stereocenters. The Labute approximate surface area is 125 Å². The number of rotatable bonds is 3. The Morgan fingerprint density at radius 1 is 1.29 bits per heavy atom. The lowest BCUT2D eigenvalue weighted by Crippen LogP contribution is -2.40. The highest BCUT2D eigenvalue weighted by Crippen LogP contribution is 2.44. The van der Waals surface area contributed by atoms with Crippen molar-refractivity contribution in [2.24, 2.45) is 11.8 Å². The number of carbonyl (C=O) groups excluding carboxylic acids is 1. The van der Waals surface area contributed by atoms with Crippen LogP contribution in [0.3, 0.4) is 0 Å². The number of hydrogen-bond donors (Lipinski definition) is 2. The maximum atomic E-state index is 13.1. The summed E-state index contributed by atoms with van der Waals surface area (Å²) in [5, 5.41) is 11.8. The number of benzene rings is 1. The minimum Gasteiger partial charge on any atom is -0.481 e. The van der Waals surface area contributed by atoms with E-state index in [0.717, 1.165) is 6.07 Å². The summed E-state index contributed by atoms with van der Waals surface area (Å²) in [6.07, 6.45) is 0.567. The fraction of sp³-hybridized carbons (Fsp3) is 0.429. The van der Waals surface area contributed by atoms with Crippen molar-refractivity contribution in [2.45, 2.75) is 25.0 Å². The second-order valence-corrected chi connectivity index (χ2v) is 5.71. The molecule has 0 aliphatic carbocycles. The second-order valence-electron chi connectivity index (χ2n) is 5.30. The zero-order valence-corrected chi connectivity index (χ0v) is 11.6. The fourth-order valence-electron chi connectivity index (χ4n) is 3.12. The van der Waals surface area contributed by atoms with Gasteiger partial charge < -0.3 is 15.2 Å². The van der Waals surface area contributed by atoms with Crippen LogP contribution in [-0.2, 0) is 14.3 Å². The fourth-order valence-corrected chi connectivity index (χ4v) is 3.30. The van der Waals surface area contributed by atoms with Crippen LogP contribution in [0.2, 0.25) is 5.02 Å². The number of hydrogen-bond acceptors (Lipinski definition) is 3. The van der Waals surface area contributed by atoms with Crippen LogP contribution in [0.4, 0.5) is 10.1 Å². The maximum Gasteiger partial charge on any atom is 0.310 e. The van der Waals surface area contributed by atoms with Gasteiger partial charge in [0.25, 0.3) is 0 Å². The van der Waals surface area contributed by atoms with Crippen LogP contribution in [0.5, 0.6) is 0 Å². The quantitative estimate of drug-likeness (QED) is 0.898. The van der Waals surface area contributed by atoms with Crippen molar-refractivity contribution in [3.63, 3.8) is 0 Å². The van der Waals surface area contributed by atoms with Crippen molar-refractivity contribution in [3.8, 4) is 0 Å². The van der Waals surface area contributed by atoms with E-state index in [9.17, 15) is 19.1 Å². The molecule has 112 valence electrons. The summed E-state index contributed by atoms with van der Waals surface area (Å²) in [5.41, 5.74) is 0.332. The number of anilines is 1. The molecule has 2 heterocycles. The molecular weight excluding hydrogens is 301 g/mol. The van der Waals surface area contributed by atoms with Crippen LogP contribution in [0.15, 0.2) is 18.2 Å². The first-order chi connectivity index (χ1) is 9.97. The van der Waals surface area contributed by atoms with Crippen molar-refractivity contribution in [3.05, 3.63) is 29.0 Å². The first-order valence-electron chi connectivity index (χ1n) is 6.61. The predicted molar refractivity (Wildman–Crippen MR) is 72.6 cm³/mol. The van der Waals surface area contributed by atoms with Gasteiger partial charge in [-0.05, 0) is 31.0 Å². The zero-order valence-electron chi connectivity index (χ0n) is 10.9. The summed E-state index contributed by atoms with van der Waals surface area (Å²) in [6, 6.07) is 3.81. The second kappa shape index (κ2) is 5.27. The maximum absolute atomic E-state index is 13.1. The number of carboxylic acids is 1.